The van der Waals surface area contributed by atoms with Crippen LogP contribution in [-0.4, -0.2) is 36.2 Å². The smallest absolute Gasteiger partial charge is 0.309 e. The van der Waals surface area contributed by atoms with E-state index in [1.165, 1.54) is 54.8 Å². The zero-order valence-corrected chi connectivity index (χ0v) is 22.6. The van der Waals surface area contributed by atoms with Crippen molar-refractivity contribution in [2.75, 3.05) is 30.1 Å². The summed E-state index contributed by atoms with van der Waals surface area (Å²) < 4.78 is 6.05. The Balaban J connectivity index is 2.04. The second kappa shape index (κ2) is 12.8. The molecule has 4 nitrogen and oxygen atoms in total. The number of hydrogen-bond donors (Lipinski definition) is 1. The summed E-state index contributed by atoms with van der Waals surface area (Å²) in [6.45, 7) is 7.44. The van der Waals surface area contributed by atoms with Gasteiger partial charge in [0.2, 0.25) is 0 Å². The number of anilines is 2. The van der Waals surface area contributed by atoms with Crippen molar-refractivity contribution in [2.45, 2.75) is 69.1 Å². The van der Waals surface area contributed by atoms with Crippen LogP contribution in [0.25, 0.3) is 0 Å². The van der Waals surface area contributed by atoms with Gasteiger partial charge in [-0.2, -0.15) is 0 Å². The third-order valence-electron chi connectivity index (χ3n) is 6.66. The molecule has 1 aliphatic heterocycles. The van der Waals surface area contributed by atoms with Gasteiger partial charge in [0.1, 0.15) is 12.4 Å². The molecular formula is C28H39NO3S2. The molecule has 0 bridgehead atoms. The van der Waals surface area contributed by atoms with E-state index < -0.39 is 11.9 Å². The first-order chi connectivity index (χ1) is 16.4. The second-order valence-electron chi connectivity index (χ2n) is 9.44. The molecule has 6 heteroatoms. The molecule has 0 aromatic heterocycles. The lowest BCUT2D eigenvalue weighted by Gasteiger charge is -2.37. The van der Waals surface area contributed by atoms with E-state index in [2.05, 4.69) is 67.5 Å². The average Bonchev–Trinajstić information content (AvgIpc) is 3.01. The quantitative estimate of drug-likeness (QED) is 0.296. The first-order valence-electron chi connectivity index (χ1n) is 12.5. The number of ether oxygens (including phenoxy) is 1. The molecule has 3 rings (SSSR count). The molecule has 0 saturated carbocycles. The predicted molar refractivity (Wildman–Crippen MR) is 146 cm³/mol. The number of benzene rings is 2. The number of carboxylic acid groups (broad SMARTS) is 1. The van der Waals surface area contributed by atoms with E-state index in [9.17, 15) is 9.90 Å². The van der Waals surface area contributed by atoms with Crippen LogP contribution in [0.3, 0.4) is 0 Å². The molecule has 1 atom stereocenters. The number of fused-ring (bicyclic) bond motifs is 1. The molecule has 1 unspecified atom stereocenters. The van der Waals surface area contributed by atoms with E-state index in [1.54, 1.807) is 18.7 Å². The first kappa shape index (κ1) is 26.8. The summed E-state index contributed by atoms with van der Waals surface area (Å²) in [4.78, 5) is 16.1. The van der Waals surface area contributed by atoms with Gasteiger partial charge in [0, 0.05) is 22.9 Å². The molecular weight excluding hydrogens is 462 g/mol. The van der Waals surface area contributed by atoms with Crippen LogP contribution in [0.15, 0.2) is 52.3 Å². The monoisotopic (exact) mass is 501 g/mol. The van der Waals surface area contributed by atoms with Crippen LogP contribution in [0.4, 0.5) is 11.4 Å². The second-order valence-corrected chi connectivity index (χ2v) is 11.3. The summed E-state index contributed by atoms with van der Waals surface area (Å²) in [6, 6.07) is 15.1. The van der Waals surface area contributed by atoms with Gasteiger partial charge in [0.15, 0.2) is 0 Å². The Morgan fingerprint density at radius 2 is 1.85 bits per heavy atom. The SMILES string of the molecule is CCCCC1(CCCC)CSc2cc(OCC(C)C(=O)O)c(SC)cc2N(c2ccccc2)C1. The van der Waals surface area contributed by atoms with Crippen molar-refractivity contribution in [2.24, 2.45) is 11.3 Å². The van der Waals surface area contributed by atoms with E-state index in [0.717, 1.165) is 22.9 Å². The lowest BCUT2D eigenvalue weighted by molar-refractivity contribution is -0.142. The van der Waals surface area contributed by atoms with Crippen LogP contribution in [-0.2, 0) is 4.79 Å². The van der Waals surface area contributed by atoms with Crippen molar-refractivity contribution in [3.8, 4) is 5.75 Å². The molecule has 0 aliphatic carbocycles. The molecule has 2 aromatic carbocycles. The van der Waals surface area contributed by atoms with Crippen LogP contribution >= 0.6 is 23.5 Å². The molecule has 0 radical (unpaired) electrons. The summed E-state index contributed by atoms with van der Waals surface area (Å²) in [5.74, 6) is 0.501. The van der Waals surface area contributed by atoms with E-state index in [4.69, 9.17) is 4.74 Å². The fourth-order valence-corrected chi connectivity index (χ4v) is 6.38. The predicted octanol–water partition coefficient (Wildman–Crippen LogP) is 8.12. The number of thioether (sulfide) groups is 2. The number of unbranched alkanes of at least 4 members (excludes halogenated alkanes) is 2. The van der Waals surface area contributed by atoms with Crippen molar-refractivity contribution in [1.29, 1.82) is 0 Å². The van der Waals surface area contributed by atoms with Gasteiger partial charge in [-0.05, 0) is 55.7 Å². The molecule has 186 valence electrons. The van der Waals surface area contributed by atoms with Crippen LogP contribution < -0.4 is 9.64 Å². The Hall–Kier alpha value is -1.79. The van der Waals surface area contributed by atoms with Crippen molar-refractivity contribution in [1.82, 2.24) is 0 Å². The molecule has 0 saturated heterocycles. The summed E-state index contributed by atoms with van der Waals surface area (Å²) in [6.07, 6.45) is 9.46. The summed E-state index contributed by atoms with van der Waals surface area (Å²) in [5.41, 5.74) is 2.71. The minimum absolute atomic E-state index is 0.172. The zero-order chi connectivity index (χ0) is 24.6. The average molecular weight is 502 g/mol. The van der Waals surface area contributed by atoms with Gasteiger partial charge >= 0.3 is 5.97 Å². The van der Waals surface area contributed by atoms with Gasteiger partial charge in [-0.25, -0.2) is 0 Å². The molecule has 0 amide bonds. The van der Waals surface area contributed by atoms with Gasteiger partial charge in [-0.1, -0.05) is 57.7 Å². The maximum atomic E-state index is 11.3. The number of rotatable bonds is 12. The number of nitrogens with zero attached hydrogens (tertiary/aromatic N) is 1. The lowest BCUT2D eigenvalue weighted by Crippen LogP contribution is -2.36. The molecule has 1 aliphatic rings. The van der Waals surface area contributed by atoms with Crippen molar-refractivity contribution < 1.29 is 14.6 Å². The van der Waals surface area contributed by atoms with Gasteiger partial charge in [0.25, 0.3) is 0 Å². The Morgan fingerprint density at radius 1 is 1.18 bits per heavy atom. The largest absolute Gasteiger partial charge is 0.491 e. The fourth-order valence-electron chi connectivity index (χ4n) is 4.48. The van der Waals surface area contributed by atoms with Crippen LogP contribution in [0.5, 0.6) is 5.75 Å². The number of aliphatic carboxylic acids is 1. The van der Waals surface area contributed by atoms with Crippen LogP contribution in [0, 0.1) is 11.3 Å². The topological polar surface area (TPSA) is 49.8 Å². The number of carbonyl (C=O) groups is 1. The van der Waals surface area contributed by atoms with Gasteiger partial charge in [0.05, 0.1) is 16.5 Å². The molecule has 1 heterocycles. The first-order valence-corrected chi connectivity index (χ1v) is 14.7. The minimum Gasteiger partial charge on any atom is -0.491 e. The number of para-hydroxylation sites is 1. The third kappa shape index (κ3) is 6.66. The van der Waals surface area contributed by atoms with E-state index in [1.807, 2.05) is 11.8 Å². The fraction of sp³-hybridized carbons (Fsp3) is 0.536. The number of hydrogen-bond acceptors (Lipinski definition) is 5. The Kier molecular flexibility index (Phi) is 10.1. The summed E-state index contributed by atoms with van der Waals surface area (Å²) in [5, 5.41) is 9.28. The minimum atomic E-state index is -0.832. The molecule has 0 fully saturated rings. The highest BCUT2D eigenvalue weighted by Gasteiger charge is 2.36. The summed E-state index contributed by atoms with van der Waals surface area (Å²) >= 11 is 3.59. The molecule has 34 heavy (non-hydrogen) atoms. The standard InChI is InChI=1S/C28H39NO3S2/c1-5-7-14-28(15-8-6-2)19-29(22-12-10-9-11-13-22)23-16-26(33-4)24(17-25(23)34-20-28)32-18-21(3)27(30)31/h9-13,16-17,21H,5-8,14-15,18-20H2,1-4H3,(H,30,31). The highest BCUT2D eigenvalue weighted by Crippen LogP contribution is 2.50. The Labute approximate surface area is 213 Å². The summed E-state index contributed by atoms with van der Waals surface area (Å²) in [7, 11) is 0. The van der Waals surface area contributed by atoms with Crippen LogP contribution in [0.1, 0.15) is 59.3 Å². The molecule has 0 spiro atoms. The van der Waals surface area contributed by atoms with Gasteiger partial charge in [-0.3, -0.25) is 4.79 Å². The highest BCUT2D eigenvalue weighted by molar-refractivity contribution is 7.99. The van der Waals surface area contributed by atoms with Crippen LogP contribution in [0.2, 0.25) is 0 Å². The van der Waals surface area contributed by atoms with Gasteiger partial charge < -0.3 is 14.7 Å². The highest BCUT2D eigenvalue weighted by atomic mass is 32.2. The number of carboxylic acids is 1. The molecule has 2 aromatic rings. The van der Waals surface area contributed by atoms with Crippen molar-refractivity contribution >= 4 is 40.9 Å². The van der Waals surface area contributed by atoms with E-state index in [0.29, 0.717) is 0 Å². The Bertz CT molecular complexity index is 927. The zero-order valence-electron chi connectivity index (χ0n) is 21.0. The molecule has 1 N–H and O–H groups in total. The maximum absolute atomic E-state index is 11.3. The normalized spacial score (nSPS) is 15.9. The lowest BCUT2D eigenvalue weighted by atomic mass is 9.79. The van der Waals surface area contributed by atoms with Crippen molar-refractivity contribution in [3.05, 3.63) is 42.5 Å². The van der Waals surface area contributed by atoms with Crippen molar-refractivity contribution in [3.63, 3.8) is 0 Å². The maximum Gasteiger partial charge on any atom is 0.309 e. The third-order valence-corrected chi connectivity index (χ3v) is 8.82. The Morgan fingerprint density at radius 3 is 2.44 bits per heavy atom. The van der Waals surface area contributed by atoms with E-state index in [-0.39, 0.29) is 12.0 Å². The van der Waals surface area contributed by atoms with Gasteiger partial charge in [-0.15, -0.1) is 23.5 Å². The van der Waals surface area contributed by atoms with E-state index >= 15 is 0 Å².